The fourth-order valence-electron chi connectivity index (χ4n) is 3.97. The third-order valence-electron chi connectivity index (χ3n) is 5.64. The summed E-state index contributed by atoms with van der Waals surface area (Å²) in [4.78, 5) is 35.6. The van der Waals surface area contributed by atoms with Crippen LogP contribution in [0.25, 0.3) is 23.0 Å². The fraction of sp³-hybridized carbons (Fsp3) is 0.318. The molecule has 1 amide bonds. The van der Waals surface area contributed by atoms with Gasteiger partial charge < -0.3 is 9.80 Å². The molecule has 1 aliphatic rings. The number of hydrogen-bond acceptors (Lipinski definition) is 6. The molecule has 31 heavy (non-hydrogen) atoms. The van der Waals surface area contributed by atoms with Gasteiger partial charge in [-0.3, -0.25) is 13.8 Å². The summed E-state index contributed by atoms with van der Waals surface area (Å²) in [6, 6.07) is 7.56. The van der Waals surface area contributed by atoms with E-state index in [1.165, 1.54) is 0 Å². The lowest BCUT2D eigenvalue weighted by Crippen LogP contribution is -2.34. The predicted molar refractivity (Wildman–Crippen MR) is 116 cm³/mol. The van der Waals surface area contributed by atoms with Crippen LogP contribution in [-0.4, -0.2) is 77.8 Å². The highest BCUT2D eigenvalue weighted by atomic mass is 16.2. The van der Waals surface area contributed by atoms with E-state index < -0.39 is 0 Å². The summed E-state index contributed by atoms with van der Waals surface area (Å²) in [5, 5.41) is 0. The van der Waals surface area contributed by atoms with Gasteiger partial charge in [-0.15, -0.1) is 0 Å². The Labute approximate surface area is 180 Å². The standard InChI is InChI=1S/C22H24N8O/c1-16-25-17(15-30(16)22-23-8-5-9-24-22)20-26-19(18-7-3-4-12-29(18)20)21(31)28-11-6-10-27(2)13-14-28/h3-5,7-9,12,15H,6,10-11,13-14H2,1-2H3. The van der Waals surface area contributed by atoms with Crippen LogP contribution in [0.2, 0.25) is 0 Å². The van der Waals surface area contributed by atoms with Gasteiger partial charge in [0.25, 0.3) is 5.91 Å². The van der Waals surface area contributed by atoms with Crippen molar-refractivity contribution >= 4 is 11.4 Å². The molecule has 4 aromatic heterocycles. The highest BCUT2D eigenvalue weighted by Crippen LogP contribution is 2.24. The van der Waals surface area contributed by atoms with Gasteiger partial charge in [0.2, 0.25) is 5.95 Å². The molecule has 0 unspecified atom stereocenters. The smallest absolute Gasteiger partial charge is 0.274 e. The number of likely N-dealkylation sites (N-methyl/N-ethyl adjacent to an activating group) is 1. The third-order valence-corrected chi connectivity index (χ3v) is 5.64. The summed E-state index contributed by atoms with van der Waals surface area (Å²) < 4.78 is 3.75. The minimum Gasteiger partial charge on any atom is -0.336 e. The van der Waals surface area contributed by atoms with Crippen molar-refractivity contribution in [3.8, 4) is 17.5 Å². The van der Waals surface area contributed by atoms with Gasteiger partial charge in [-0.05, 0) is 45.1 Å². The molecule has 5 heterocycles. The number of fused-ring (bicyclic) bond motifs is 1. The lowest BCUT2D eigenvalue weighted by molar-refractivity contribution is 0.0759. The number of hydrogen-bond donors (Lipinski definition) is 0. The molecule has 0 atom stereocenters. The van der Waals surface area contributed by atoms with Crippen LogP contribution in [0.5, 0.6) is 0 Å². The zero-order valence-corrected chi connectivity index (χ0v) is 17.6. The van der Waals surface area contributed by atoms with Crippen LogP contribution >= 0.6 is 0 Å². The Bertz CT molecular complexity index is 1230. The Kier molecular flexibility index (Phi) is 4.95. The Morgan fingerprint density at radius 1 is 1.00 bits per heavy atom. The van der Waals surface area contributed by atoms with Crippen molar-refractivity contribution in [3.63, 3.8) is 0 Å². The fourth-order valence-corrected chi connectivity index (χ4v) is 3.97. The van der Waals surface area contributed by atoms with Crippen molar-refractivity contribution in [2.24, 2.45) is 0 Å². The number of carbonyl (C=O) groups excluding carboxylic acids is 1. The average molecular weight is 416 g/mol. The maximum absolute atomic E-state index is 13.4. The Balaban J connectivity index is 1.56. The minimum absolute atomic E-state index is 0.0344. The quantitative estimate of drug-likeness (QED) is 0.508. The van der Waals surface area contributed by atoms with Crippen LogP contribution in [0.4, 0.5) is 0 Å². The molecule has 1 aliphatic heterocycles. The van der Waals surface area contributed by atoms with Gasteiger partial charge in [0, 0.05) is 44.4 Å². The summed E-state index contributed by atoms with van der Waals surface area (Å²) in [6.45, 7) is 5.21. The normalized spacial score (nSPS) is 15.4. The number of carbonyl (C=O) groups is 1. The number of amides is 1. The number of aryl methyl sites for hydroxylation is 1. The van der Waals surface area contributed by atoms with Crippen molar-refractivity contribution in [1.29, 1.82) is 0 Å². The number of imidazole rings is 2. The SMILES string of the molecule is Cc1nc(-c2nc(C(=O)N3CCCN(C)CC3)c3ccccn23)cn1-c1ncccn1. The largest absolute Gasteiger partial charge is 0.336 e. The second-order valence-corrected chi connectivity index (χ2v) is 7.78. The van der Waals surface area contributed by atoms with E-state index >= 15 is 0 Å². The van der Waals surface area contributed by atoms with Crippen LogP contribution in [0.1, 0.15) is 22.7 Å². The van der Waals surface area contributed by atoms with Gasteiger partial charge in [-0.25, -0.2) is 19.9 Å². The van der Waals surface area contributed by atoms with E-state index in [9.17, 15) is 4.79 Å². The summed E-state index contributed by atoms with van der Waals surface area (Å²) in [6.07, 6.45) is 8.13. The van der Waals surface area contributed by atoms with Gasteiger partial charge >= 0.3 is 0 Å². The first-order valence-electron chi connectivity index (χ1n) is 10.4. The first kappa shape index (κ1) is 19.4. The molecule has 0 saturated carbocycles. The third kappa shape index (κ3) is 3.57. The molecule has 0 aromatic carbocycles. The molecule has 4 aromatic rings. The number of rotatable bonds is 3. The maximum atomic E-state index is 13.4. The lowest BCUT2D eigenvalue weighted by Gasteiger charge is -2.19. The van der Waals surface area contributed by atoms with Gasteiger partial charge in [0.15, 0.2) is 11.5 Å². The number of pyridine rings is 1. The van der Waals surface area contributed by atoms with Crippen molar-refractivity contribution in [2.75, 3.05) is 33.2 Å². The highest BCUT2D eigenvalue weighted by Gasteiger charge is 2.25. The second kappa shape index (κ2) is 7.92. The van der Waals surface area contributed by atoms with E-state index in [0.29, 0.717) is 29.7 Å². The average Bonchev–Trinajstić information content (AvgIpc) is 3.29. The molecule has 0 bridgehead atoms. The van der Waals surface area contributed by atoms with Crippen LogP contribution in [0.15, 0.2) is 49.1 Å². The first-order valence-corrected chi connectivity index (χ1v) is 10.4. The molecule has 0 spiro atoms. The van der Waals surface area contributed by atoms with Crippen LogP contribution in [-0.2, 0) is 0 Å². The Morgan fingerprint density at radius 3 is 2.68 bits per heavy atom. The zero-order chi connectivity index (χ0) is 21.4. The molecule has 9 nitrogen and oxygen atoms in total. The van der Waals surface area contributed by atoms with E-state index in [1.54, 1.807) is 18.5 Å². The zero-order valence-electron chi connectivity index (χ0n) is 17.6. The summed E-state index contributed by atoms with van der Waals surface area (Å²) in [7, 11) is 2.09. The first-order chi connectivity index (χ1) is 15.1. The van der Waals surface area contributed by atoms with Gasteiger partial charge in [0.05, 0.1) is 5.52 Å². The number of nitrogens with zero attached hydrogens (tertiary/aromatic N) is 8. The Hall–Kier alpha value is -3.59. The molecule has 158 valence electrons. The Morgan fingerprint density at radius 2 is 1.84 bits per heavy atom. The van der Waals surface area contributed by atoms with E-state index in [1.807, 2.05) is 51.4 Å². The lowest BCUT2D eigenvalue weighted by atomic mass is 10.3. The molecule has 1 fully saturated rings. The minimum atomic E-state index is -0.0344. The van der Waals surface area contributed by atoms with Crippen LogP contribution < -0.4 is 0 Å². The monoisotopic (exact) mass is 416 g/mol. The molecule has 9 heteroatoms. The van der Waals surface area contributed by atoms with Crippen LogP contribution in [0.3, 0.4) is 0 Å². The van der Waals surface area contributed by atoms with E-state index in [-0.39, 0.29) is 5.91 Å². The summed E-state index contributed by atoms with van der Waals surface area (Å²) in [5.41, 5.74) is 1.91. The summed E-state index contributed by atoms with van der Waals surface area (Å²) >= 11 is 0. The van der Waals surface area contributed by atoms with Crippen molar-refractivity contribution in [2.45, 2.75) is 13.3 Å². The molecule has 1 saturated heterocycles. The predicted octanol–water partition coefficient (Wildman–Crippen LogP) is 2.06. The van der Waals surface area contributed by atoms with E-state index in [2.05, 4.69) is 26.9 Å². The summed E-state index contributed by atoms with van der Waals surface area (Å²) in [5.74, 6) is 1.89. The van der Waals surface area contributed by atoms with Crippen molar-refractivity contribution in [3.05, 3.63) is 60.6 Å². The van der Waals surface area contributed by atoms with Crippen molar-refractivity contribution in [1.82, 2.24) is 38.7 Å². The molecule has 0 aliphatic carbocycles. The molecule has 0 radical (unpaired) electrons. The van der Waals surface area contributed by atoms with Gasteiger partial charge in [-0.1, -0.05) is 6.07 Å². The molecule has 0 N–H and O–H groups in total. The van der Waals surface area contributed by atoms with Crippen molar-refractivity contribution < 1.29 is 4.79 Å². The highest BCUT2D eigenvalue weighted by molar-refractivity contribution is 6.00. The van der Waals surface area contributed by atoms with Crippen LogP contribution in [0, 0.1) is 6.92 Å². The van der Waals surface area contributed by atoms with E-state index in [0.717, 1.165) is 37.4 Å². The van der Waals surface area contributed by atoms with Gasteiger partial charge in [0.1, 0.15) is 11.5 Å². The van der Waals surface area contributed by atoms with Gasteiger partial charge in [-0.2, -0.15) is 0 Å². The second-order valence-electron chi connectivity index (χ2n) is 7.78. The topological polar surface area (TPSA) is 84.5 Å². The molecular formula is C22H24N8O. The maximum Gasteiger partial charge on any atom is 0.274 e. The molecular weight excluding hydrogens is 392 g/mol. The van der Waals surface area contributed by atoms with E-state index in [4.69, 9.17) is 4.98 Å². The number of aromatic nitrogens is 6. The molecule has 5 rings (SSSR count).